The summed E-state index contributed by atoms with van der Waals surface area (Å²) < 4.78 is 4.74. The minimum atomic E-state index is -0.670. The largest absolute Gasteiger partial charge is 0.480 e. The first-order valence-electron chi connectivity index (χ1n) is 7.20. The predicted molar refractivity (Wildman–Crippen MR) is 70.0 cm³/mol. The maximum atomic E-state index is 11.3. The Kier molecular flexibility index (Phi) is 3.98. The van der Waals surface area contributed by atoms with Crippen LogP contribution in [0.2, 0.25) is 0 Å². The maximum absolute atomic E-state index is 11.3. The molecule has 110 valence electrons. The van der Waals surface area contributed by atoms with Crippen molar-refractivity contribution in [1.29, 1.82) is 0 Å². The summed E-state index contributed by atoms with van der Waals surface area (Å²) in [6.45, 7) is 3.56. The first-order chi connectivity index (χ1) is 9.74. The zero-order chi connectivity index (χ0) is 13.9. The van der Waals surface area contributed by atoms with Crippen LogP contribution in [0.1, 0.15) is 31.5 Å². The van der Waals surface area contributed by atoms with Crippen LogP contribution < -0.4 is 0 Å². The summed E-state index contributed by atoms with van der Waals surface area (Å²) in [6, 6.07) is 0.129. The highest BCUT2D eigenvalue weighted by molar-refractivity contribution is 5.73. The van der Waals surface area contributed by atoms with Crippen molar-refractivity contribution in [3.05, 3.63) is 12.2 Å². The Labute approximate surface area is 117 Å². The van der Waals surface area contributed by atoms with Crippen molar-refractivity contribution in [2.45, 2.75) is 44.3 Å². The van der Waals surface area contributed by atoms with Gasteiger partial charge in [0.1, 0.15) is 6.04 Å². The number of nitrogens with zero attached hydrogens (tertiary/aromatic N) is 4. The van der Waals surface area contributed by atoms with E-state index in [2.05, 4.69) is 19.9 Å². The van der Waals surface area contributed by atoms with Gasteiger partial charge in [0.05, 0.1) is 6.54 Å². The van der Waals surface area contributed by atoms with Crippen molar-refractivity contribution in [3.8, 4) is 0 Å². The average Bonchev–Trinajstić information content (AvgIpc) is 3.10. The number of rotatable bonds is 4. The number of likely N-dealkylation sites (tertiary alicyclic amines) is 2. The fraction of sp³-hybridized carbons (Fsp3) is 0.769. The summed E-state index contributed by atoms with van der Waals surface area (Å²) in [4.78, 5) is 19.8. The van der Waals surface area contributed by atoms with E-state index < -0.39 is 5.97 Å². The molecule has 0 aromatic carbocycles. The van der Waals surface area contributed by atoms with Gasteiger partial charge in [-0.1, -0.05) is 5.16 Å². The Bertz CT molecular complexity index is 442. The molecule has 3 heterocycles. The van der Waals surface area contributed by atoms with Gasteiger partial charge in [0.15, 0.2) is 5.82 Å². The van der Waals surface area contributed by atoms with Gasteiger partial charge in [-0.15, -0.1) is 0 Å². The summed E-state index contributed by atoms with van der Waals surface area (Å²) in [5.41, 5.74) is 0. The van der Waals surface area contributed by atoms with E-state index in [1.54, 1.807) is 0 Å². The van der Waals surface area contributed by atoms with Crippen LogP contribution in [-0.2, 0) is 11.3 Å². The van der Waals surface area contributed by atoms with Crippen molar-refractivity contribution in [2.24, 2.45) is 0 Å². The molecule has 1 aromatic heterocycles. The van der Waals surface area contributed by atoms with Gasteiger partial charge in [0.25, 0.3) is 0 Å². The Morgan fingerprint density at radius 3 is 2.80 bits per heavy atom. The molecule has 20 heavy (non-hydrogen) atoms. The number of carboxylic acid groups (broad SMARTS) is 1. The summed E-state index contributed by atoms with van der Waals surface area (Å²) in [5, 5.41) is 13.1. The van der Waals surface area contributed by atoms with Crippen LogP contribution in [0.25, 0.3) is 0 Å². The van der Waals surface area contributed by atoms with Crippen molar-refractivity contribution in [3.63, 3.8) is 0 Å². The second-order valence-corrected chi connectivity index (χ2v) is 5.59. The molecule has 2 saturated heterocycles. The third-order valence-electron chi connectivity index (χ3n) is 4.38. The molecular weight excluding hydrogens is 260 g/mol. The summed E-state index contributed by atoms with van der Waals surface area (Å²) >= 11 is 0. The van der Waals surface area contributed by atoms with Gasteiger partial charge in [-0.25, -0.2) is 0 Å². The summed E-state index contributed by atoms with van der Waals surface area (Å²) in [7, 11) is 0. The molecular formula is C13H20N4O3. The van der Waals surface area contributed by atoms with E-state index in [4.69, 9.17) is 4.52 Å². The first kappa shape index (κ1) is 13.5. The molecule has 2 aliphatic heterocycles. The summed E-state index contributed by atoms with van der Waals surface area (Å²) in [6.07, 6.45) is 5.17. The monoisotopic (exact) mass is 280 g/mol. The second kappa shape index (κ2) is 5.88. The Balaban J connectivity index is 1.52. The minimum absolute atomic E-state index is 0.274. The molecule has 0 radical (unpaired) electrons. The van der Waals surface area contributed by atoms with E-state index in [0.29, 0.717) is 18.4 Å². The standard InChI is InChI=1S/C13H20N4O3/c18-13(19)11-2-1-5-17(11)10-3-6-16(7-4-10)8-12-14-9-20-15-12/h9-11H,1-8H2,(H,18,19). The number of piperidine rings is 1. The van der Waals surface area contributed by atoms with Gasteiger partial charge in [0.2, 0.25) is 6.39 Å². The molecule has 0 spiro atoms. The Morgan fingerprint density at radius 2 is 2.15 bits per heavy atom. The van der Waals surface area contributed by atoms with Gasteiger partial charge < -0.3 is 9.63 Å². The van der Waals surface area contributed by atoms with Crippen molar-refractivity contribution < 1.29 is 14.4 Å². The smallest absolute Gasteiger partial charge is 0.320 e. The van der Waals surface area contributed by atoms with Crippen molar-refractivity contribution >= 4 is 5.97 Å². The first-order valence-corrected chi connectivity index (χ1v) is 7.20. The molecule has 1 unspecified atom stereocenters. The molecule has 0 aliphatic carbocycles. The Morgan fingerprint density at radius 1 is 1.35 bits per heavy atom. The van der Waals surface area contributed by atoms with Crippen LogP contribution in [0.3, 0.4) is 0 Å². The molecule has 7 nitrogen and oxygen atoms in total. The highest BCUT2D eigenvalue weighted by Gasteiger charge is 2.36. The summed E-state index contributed by atoms with van der Waals surface area (Å²) in [5.74, 6) is 0.0461. The third kappa shape index (κ3) is 2.83. The number of hydrogen-bond donors (Lipinski definition) is 1. The lowest BCUT2D eigenvalue weighted by molar-refractivity contribution is -0.143. The van der Waals surface area contributed by atoms with E-state index in [9.17, 15) is 9.90 Å². The van der Waals surface area contributed by atoms with E-state index in [0.717, 1.165) is 45.3 Å². The lowest BCUT2D eigenvalue weighted by atomic mass is 10.0. The average molecular weight is 280 g/mol. The molecule has 0 bridgehead atoms. The van der Waals surface area contributed by atoms with Gasteiger partial charge in [-0.2, -0.15) is 4.98 Å². The molecule has 1 aromatic rings. The van der Waals surface area contributed by atoms with Crippen LogP contribution in [0.5, 0.6) is 0 Å². The molecule has 3 rings (SSSR count). The zero-order valence-electron chi connectivity index (χ0n) is 11.4. The van der Waals surface area contributed by atoms with E-state index >= 15 is 0 Å². The number of aromatic nitrogens is 2. The number of hydrogen-bond acceptors (Lipinski definition) is 6. The SMILES string of the molecule is O=C(O)C1CCCN1C1CCN(Cc2ncon2)CC1. The molecule has 2 fully saturated rings. The fourth-order valence-corrected chi connectivity index (χ4v) is 3.36. The number of carboxylic acids is 1. The van der Waals surface area contributed by atoms with E-state index in [1.807, 2.05) is 0 Å². The predicted octanol–water partition coefficient (Wildman–Crippen LogP) is 0.583. The van der Waals surface area contributed by atoms with Gasteiger partial charge >= 0.3 is 5.97 Å². The fourth-order valence-electron chi connectivity index (χ4n) is 3.36. The Hall–Kier alpha value is -1.47. The quantitative estimate of drug-likeness (QED) is 0.864. The normalized spacial score (nSPS) is 26.1. The van der Waals surface area contributed by atoms with Crippen molar-refractivity contribution in [1.82, 2.24) is 19.9 Å². The maximum Gasteiger partial charge on any atom is 0.320 e. The van der Waals surface area contributed by atoms with Gasteiger partial charge in [0, 0.05) is 19.1 Å². The second-order valence-electron chi connectivity index (χ2n) is 5.59. The lowest BCUT2D eigenvalue weighted by Crippen LogP contribution is -2.48. The van der Waals surface area contributed by atoms with Crippen LogP contribution in [0, 0.1) is 0 Å². The van der Waals surface area contributed by atoms with Crippen LogP contribution in [-0.4, -0.2) is 62.7 Å². The van der Waals surface area contributed by atoms with Gasteiger partial charge in [-0.05, 0) is 32.2 Å². The minimum Gasteiger partial charge on any atom is -0.480 e. The van der Waals surface area contributed by atoms with E-state index in [1.165, 1.54) is 6.39 Å². The molecule has 7 heteroatoms. The lowest BCUT2D eigenvalue weighted by Gasteiger charge is -2.37. The van der Waals surface area contributed by atoms with Gasteiger partial charge in [-0.3, -0.25) is 14.6 Å². The number of aliphatic carboxylic acids is 1. The third-order valence-corrected chi connectivity index (χ3v) is 4.38. The number of carbonyl (C=O) groups is 1. The van der Waals surface area contributed by atoms with E-state index in [-0.39, 0.29) is 6.04 Å². The van der Waals surface area contributed by atoms with Crippen LogP contribution in [0.15, 0.2) is 10.9 Å². The van der Waals surface area contributed by atoms with Crippen LogP contribution in [0.4, 0.5) is 0 Å². The topological polar surface area (TPSA) is 82.7 Å². The molecule has 0 amide bonds. The zero-order valence-corrected chi connectivity index (χ0v) is 11.4. The van der Waals surface area contributed by atoms with Crippen molar-refractivity contribution in [2.75, 3.05) is 19.6 Å². The highest BCUT2D eigenvalue weighted by atomic mass is 16.5. The molecule has 0 saturated carbocycles. The molecule has 2 aliphatic rings. The molecule has 1 N–H and O–H groups in total. The molecule has 1 atom stereocenters. The highest BCUT2D eigenvalue weighted by Crippen LogP contribution is 2.26. The van der Waals surface area contributed by atoms with Crippen LogP contribution >= 0.6 is 0 Å².